The van der Waals surface area contributed by atoms with Gasteiger partial charge in [-0.3, -0.25) is 0 Å². The third-order valence-electron chi connectivity index (χ3n) is 2.62. The molecule has 2 rings (SSSR count). The van der Waals surface area contributed by atoms with E-state index < -0.39 is 0 Å². The molecular weight excluding hydrogens is 300 g/mol. The average Bonchev–Trinajstić information content (AvgIpc) is 2.83. The summed E-state index contributed by atoms with van der Waals surface area (Å²) in [5.41, 5.74) is 0.984. The third kappa shape index (κ3) is 4.26. The molecule has 5 heteroatoms. The maximum Gasteiger partial charge on any atom is 0.170 e. The molecule has 1 aliphatic heterocycles. The molecule has 0 aliphatic carbocycles. The van der Waals surface area contributed by atoms with Crippen molar-refractivity contribution in [2.75, 3.05) is 18.5 Å². The molecule has 1 aromatic rings. The van der Waals surface area contributed by atoms with E-state index in [4.69, 9.17) is 17.0 Å². The van der Waals surface area contributed by atoms with Gasteiger partial charge < -0.3 is 15.4 Å². The van der Waals surface area contributed by atoms with Crippen LogP contribution in [0.25, 0.3) is 0 Å². The van der Waals surface area contributed by atoms with Crippen molar-refractivity contribution in [3.05, 3.63) is 28.7 Å². The number of ether oxygens (including phenoxy) is 1. The molecule has 0 bridgehead atoms. The summed E-state index contributed by atoms with van der Waals surface area (Å²) in [4.78, 5) is 0. The number of halogens is 1. The quantitative estimate of drug-likeness (QED) is 0.841. The Bertz CT molecular complexity index is 377. The van der Waals surface area contributed by atoms with Gasteiger partial charge in [-0.2, -0.15) is 0 Å². The van der Waals surface area contributed by atoms with Crippen molar-refractivity contribution in [2.45, 2.75) is 18.9 Å². The number of hydrogen-bond donors (Lipinski definition) is 2. The maximum atomic E-state index is 5.51. The minimum Gasteiger partial charge on any atom is -0.376 e. The van der Waals surface area contributed by atoms with Crippen LogP contribution in [-0.2, 0) is 4.74 Å². The molecule has 0 aromatic heterocycles. The standard InChI is InChI=1S/C12H15BrN2OS/c13-9-3-5-10(6-4-9)15-12(17)14-8-11-2-1-7-16-11/h3-6,11H,1-2,7-8H2,(H2,14,15,17). The summed E-state index contributed by atoms with van der Waals surface area (Å²) < 4.78 is 6.57. The molecule has 1 unspecified atom stereocenters. The largest absolute Gasteiger partial charge is 0.376 e. The van der Waals surface area contributed by atoms with Crippen LogP contribution in [0.15, 0.2) is 28.7 Å². The lowest BCUT2D eigenvalue weighted by molar-refractivity contribution is 0.114. The minimum atomic E-state index is 0.305. The predicted octanol–water partition coefficient (Wildman–Crippen LogP) is 2.91. The highest BCUT2D eigenvalue weighted by atomic mass is 79.9. The van der Waals surface area contributed by atoms with E-state index in [1.54, 1.807) is 0 Å². The van der Waals surface area contributed by atoms with Crippen molar-refractivity contribution >= 4 is 38.9 Å². The molecule has 2 N–H and O–H groups in total. The van der Waals surface area contributed by atoms with E-state index in [-0.39, 0.29) is 0 Å². The second-order valence-electron chi connectivity index (χ2n) is 3.98. The van der Waals surface area contributed by atoms with E-state index in [1.807, 2.05) is 24.3 Å². The normalized spacial score (nSPS) is 19.0. The average molecular weight is 315 g/mol. The molecule has 1 saturated heterocycles. The summed E-state index contributed by atoms with van der Waals surface area (Å²) >= 11 is 8.61. The zero-order valence-corrected chi connectivity index (χ0v) is 11.8. The first-order chi connectivity index (χ1) is 8.24. The van der Waals surface area contributed by atoms with Crippen LogP contribution in [-0.4, -0.2) is 24.4 Å². The van der Waals surface area contributed by atoms with Gasteiger partial charge in [0.1, 0.15) is 0 Å². The van der Waals surface area contributed by atoms with Crippen LogP contribution in [0, 0.1) is 0 Å². The summed E-state index contributed by atoms with van der Waals surface area (Å²) in [6.45, 7) is 1.65. The summed E-state index contributed by atoms with van der Waals surface area (Å²) in [5, 5.41) is 6.95. The van der Waals surface area contributed by atoms with Gasteiger partial charge in [0.25, 0.3) is 0 Å². The Morgan fingerprint density at radius 3 is 2.82 bits per heavy atom. The topological polar surface area (TPSA) is 33.3 Å². The van der Waals surface area contributed by atoms with Crippen molar-refractivity contribution in [1.82, 2.24) is 5.32 Å². The first kappa shape index (κ1) is 12.8. The fourth-order valence-corrected chi connectivity index (χ4v) is 2.19. The Kier molecular flexibility index (Phi) is 4.76. The van der Waals surface area contributed by atoms with Crippen molar-refractivity contribution in [1.29, 1.82) is 0 Å². The first-order valence-corrected chi connectivity index (χ1v) is 6.86. The highest BCUT2D eigenvalue weighted by Crippen LogP contribution is 2.14. The zero-order chi connectivity index (χ0) is 12.1. The Morgan fingerprint density at radius 1 is 1.41 bits per heavy atom. The SMILES string of the molecule is S=C(NCC1CCCO1)Nc1ccc(Br)cc1. The number of hydrogen-bond acceptors (Lipinski definition) is 2. The molecule has 0 amide bonds. The van der Waals surface area contributed by atoms with Crippen LogP contribution in [0.5, 0.6) is 0 Å². The van der Waals surface area contributed by atoms with Gasteiger partial charge >= 0.3 is 0 Å². The van der Waals surface area contributed by atoms with Gasteiger partial charge in [-0.1, -0.05) is 15.9 Å². The minimum absolute atomic E-state index is 0.305. The van der Waals surface area contributed by atoms with Gasteiger partial charge in [0.15, 0.2) is 5.11 Å². The molecule has 1 aliphatic rings. The fraction of sp³-hybridized carbons (Fsp3) is 0.417. The molecular formula is C12H15BrN2OS. The van der Waals surface area contributed by atoms with E-state index in [2.05, 4.69) is 26.6 Å². The third-order valence-corrected chi connectivity index (χ3v) is 3.39. The van der Waals surface area contributed by atoms with Crippen molar-refractivity contribution in [3.8, 4) is 0 Å². The predicted molar refractivity (Wildman–Crippen MR) is 77.3 cm³/mol. The number of thiocarbonyl (C=S) groups is 1. The lowest BCUT2D eigenvalue weighted by Crippen LogP contribution is -2.34. The highest BCUT2D eigenvalue weighted by molar-refractivity contribution is 9.10. The lowest BCUT2D eigenvalue weighted by Gasteiger charge is -2.14. The molecule has 1 atom stereocenters. The Morgan fingerprint density at radius 2 is 2.18 bits per heavy atom. The molecule has 0 radical (unpaired) electrons. The molecule has 0 spiro atoms. The summed E-state index contributed by atoms with van der Waals surface area (Å²) in [5.74, 6) is 0. The lowest BCUT2D eigenvalue weighted by atomic mass is 10.2. The highest BCUT2D eigenvalue weighted by Gasteiger charge is 2.15. The second kappa shape index (κ2) is 6.33. The van der Waals surface area contributed by atoms with E-state index in [1.165, 1.54) is 0 Å². The monoisotopic (exact) mass is 314 g/mol. The summed E-state index contributed by atoms with van der Waals surface area (Å²) in [6, 6.07) is 7.91. The van der Waals surface area contributed by atoms with E-state index in [9.17, 15) is 0 Å². The smallest absolute Gasteiger partial charge is 0.170 e. The molecule has 0 saturated carbocycles. The molecule has 1 heterocycles. The Hall–Kier alpha value is -0.650. The van der Waals surface area contributed by atoms with Crippen LogP contribution in [0.3, 0.4) is 0 Å². The molecule has 92 valence electrons. The second-order valence-corrected chi connectivity index (χ2v) is 5.30. The fourth-order valence-electron chi connectivity index (χ4n) is 1.72. The van der Waals surface area contributed by atoms with Crippen LogP contribution in [0.1, 0.15) is 12.8 Å². The first-order valence-electron chi connectivity index (χ1n) is 5.66. The number of nitrogens with one attached hydrogen (secondary N) is 2. The van der Waals surface area contributed by atoms with Crippen LogP contribution in [0.4, 0.5) is 5.69 Å². The van der Waals surface area contributed by atoms with Gasteiger partial charge in [0, 0.05) is 23.3 Å². The van der Waals surface area contributed by atoms with Crippen LogP contribution < -0.4 is 10.6 Å². The summed E-state index contributed by atoms with van der Waals surface area (Å²) in [7, 11) is 0. The van der Waals surface area contributed by atoms with Gasteiger partial charge in [-0.25, -0.2) is 0 Å². The van der Waals surface area contributed by atoms with Gasteiger partial charge in [0.2, 0.25) is 0 Å². The maximum absolute atomic E-state index is 5.51. The van der Waals surface area contributed by atoms with Crippen molar-refractivity contribution < 1.29 is 4.74 Å². The van der Waals surface area contributed by atoms with Crippen LogP contribution in [0.2, 0.25) is 0 Å². The molecule has 1 aromatic carbocycles. The van der Waals surface area contributed by atoms with Gasteiger partial charge in [-0.15, -0.1) is 0 Å². The van der Waals surface area contributed by atoms with E-state index in [0.717, 1.165) is 36.2 Å². The molecule has 1 fully saturated rings. The molecule has 3 nitrogen and oxygen atoms in total. The number of anilines is 1. The Balaban J connectivity index is 1.74. The molecule has 17 heavy (non-hydrogen) atoms. The Labute approximate surface area is 115 Å². The number of rotatable bonds is 3. The van der Waals surface area contributed by atoms with E-state index in [0.29, 0.717) is 11.2 Å². The summed E-state index contributed by atoms with van der Waals surface area (Å²) in [6.07, 6.45) is 2.58. The van der Waals surface area contributed by atoms with Crippen molar-refractivity contribution in [3.63, 3.8) is 0 Å². The number of benzene rings is 1. The zero-order valence-electron chi connectivity index (χ0n) is 9.41. The van der Waals surface area contributed by atoms with Gasteiger partial charge in [0.05, 0.1) is 6.10 Å². The van der Waals surface area contributed by atoms with Crippen molar-refractivity contribution in [2.24, 2.45) is 0 Å². The van der Waals surface area contributed by atoms with Gasteiger partial charge in [-0.05, 0) is 49.3 Å². The van der Waals surface area contributed by atoms with Crippen LogP contribution >= 0.6 is 28.1 Å². The van der Waals surface area contributed by atoms with E-state index >= 15 is 0 Å².